The lowest BCUT2D eigenvalue weighted by Gasteiger charge is -2.07. The Morgan fingerprint density at radius 3 is 2.70 bits per heavy atom. The molecule has 0 saturated heterocycles. The molecular weight excluding hydrogens is 252 g/mol. The summed E-state index contributed by atoms with van der Waals surface area (Å²) in [5.41, 5.74) is 7.54. The minimum atomic E-state index is -0.107. The molecule has 1 aromatic carbocycles. The van der Waals surface area contributed by atoms with Gasteiger partial charge in [0, 0.05) is 17.7 Å². The Labute approximate surface area is 117 Å². The van der Waals surface area contributed by atoms with E-state index in [4.69, 9.17) is 5.73 Å². The number of H-pyrrole nitrogens is 1. The lowest BCUT2D eigenvalue weighted by Crippen LogP contribution is -2.11. The van der Waals surface area contributed by atoms with Gasteiger partial charge >= 0.3 is 0 Å². The van der Waals surface area contributed by atoms with Crippen molar-refractivity contribution in [2.75, 3.05) is 11.9 Å². The summed E-state index contributed by atoms with van der Waals surface area (Å²) in [6.45, 7) is 0.646. The molecule has 1 saturated carbocycles. The monoisotopic (exact) mass is 270 g/mol. The van der Waals surface area contributed by atoms with Gasteiger partial charge in [0.15, 0.2) is 0 Å². The molecule has 1 aliphatic carbocycles. The van der Waals surface area contributed by atoms with E-state index in [9.17, 15) is 4.79 Å². The Morgan fingerprint density at radius 2 is 2.05 bits per heavy atom. The third-order valence-corrected chi connectivity index (χ3v) is 3.38. The van der Waals surface area contributed by atoms with Crippen molar-refractivity contribution < 1.29 is 0 Å². The fraction of sp³-hybridized carbons (Fsp3) is 0.333. The van der Waals surface area contributed by atoms with Crippen molar-refractivity contribution in [3.05, 3.63) is 52.1 Å². The second-order valence-corrected chi connectivity index (χ2v) is 5.15. The maximum absolute atomic E-state index is 11.6. The molecule has 0 amide bonds. The van der Waals surface area contributed by atoms with Crippen molar-refractivity contribution in [3.8, 4) is 0 Å². The van der Waals surface area contributed by atoms with E-state index in [2.05, 4.69) is 15.3 Å². The molecule has 5 heteroatoms. The molecule has 0 bridgehead atoms. The van der Waals surface area contributed by atoms with E-state index in [1.807, 2.05) is 24.3 Å². The van der Waals surface area contributed by atoms with E-state index in [-0.39, 0.29) is 5.56 Å². The van der Waals surface area contributed by atoms with Crippen LogP contribution in [0.5, 0.6) is 0 Å². The zero-order chi connectivity index (χ0) is 13.9. The fourth-order valence-corrected chi connectivity index (χ4v) is 2.16. The highest BCUT2D eigenvalue weighted by Gasteiger charge is 2.26. The second-order valence-electron chi connectivity index (χ2n) is 5.15. The molecule has 0 radical (unpaired) electrons. The predicted octanol–water partition coefficient (Wildman–Crippen LogP) is 1.89. The van der Waals surface area contributed by atoms with Crippen molar-refractivity contribution in [1.29, 1.82) is 0 Å². The zero-order valence-corrected chi connectivity index (χ0v) is 11.2. The van der Waals surface area contributed by atoms with Gasteiger partial charge in [0.2, 0.25) is 0 Å². The maximum atomic E-state index is 11.6. The number of aromatic amines is 1. The molecule has 1 aromatic heterocycles. The van der Waals surface area contributed by atoms with Gasteiger partial charge < -0.3 is 16.0 Å². The highest BCUT2D eigenvalue weighted by atomic mass is 16.1. The van der Waals surface area contributed by atoms with Crippen LogP contribution in [0.15, 0.2) is 35.1 Å². The number of hydrogen-bond donors (Lipinski definition) is 3. The van der Waals surface area contributed by atoms with Gasteiger partial charge in [-0.1, -0.05) is 12.1 Å². The van der Waals surface area contributed by atoms with E-state index >= 15 is 0 Å². The van der Waals surface area contributed by atoms with E-state index in [0.717, 1.165) is 30.8 Å². The molecule has 2 aromatic rings. The Hall–Kier alpha value is -2.14. The first-order valence-electron chi connectivity index (χ1n) is 6.92. The van der Waals surface area contributed by atoms with Crippen molar-refractivity contribution in [3.63, 3.8) is 0 Å². The third kappa shape index (κ3) is 3.05. The molecule has 20 heavy (non-hydrogen) atoms. The number of benzene rings is 1. The molecule has 0 aliphatic heterocycles. The van der Waals surface area contributed by atoms with Crippen LogP contribution in [0.2, 0.25) is 0 Å². The smallest absolute Gasteiger partial charge is 0.252 e. The van der Waals surface area contributed by atoms with Crippen molar-refractivity contribution in [2.24, 2.45) is 5.73 Å². The van der Waals surface area contributed by atoms with Crippen LogP contribution in [-0.2, 0) is 6.42 Å². The molecule has 3 rings (SSSR count). The Morgan fingerprint density at radius 1 is 1.30 bits per heavy atom. The summed E-state index contributed by atoms with van der Waals surface area (Å²) in [6, 6.07) is 9.50. The number of aromatic nitrogens is 2. The second kappa shape index (κ2) is 5.46. The molecular formula is C15H18N4O. The average Bonchev–Trinajstić information content (AvgIpc) is 3.25. The molecule has 5 nitrogen and oxygen atoms in total. The number of anilines is 2. The predicted molar refractivity (Wildman–Crippen MR) is 79.3 cm³/mol. The van der Waals surface area contributed by atoms with E-state index in [1.165, 1.54) is 11.6 Å². The van der Waals surface area contributed by atoms with E-state index in [0.29, 0.717) is 18.3 Å². The number of rotatable bonds is 5. The molecule has 1 fully saturated rings. The SMILES string of the molecule is NCCc1ccc(Nc2cc(=O)[nH]c(C3CC3)n2)cc1. The number of nitrogens with zero attached hydrogens (tertiary/aromatic N) is 1. The summed E-state index contributed by atoms with van der Waals surface area (Å²) < 4.78 is 0. The van der Waals surface area contributed by atoms with Crippen LogP contribution in [-0.4, -0.2) is 16.5 Å². The molecule has 0 atom stereocenters. The summed E-state index contributed by atoms with van der Waals surface area (Å²) in [5, 5.41) is 3.17. The highest BCUT2D eigenvalue weighted by Crippen LogP contribution is 2.37. The van der Waals surface area contributed by atoms with Gasteiger partial charge in [-0.2, -0.15) is 0 Å². The lowest BCUT2D eigenvalue weighted by atomic mass is 10.1. The van der Waals surface area contributed by atoms with Crippen LogP contribution < -0.4 is 16.6 Å². The minimum absolute atomic E-state index is 0.107. The maximum Gasteiger partial charge on any atom is 0.252 e. The topological polar surface area (TPSA) is 83.8 Å². The van der Waals surface area contributed by atoms with Crippen LogP contribution in [0.25, 0.3) is 0 Å². The lowest BCUT2D eigenvalue weighted by molar-refractivity contribution is 0.912. The van der Waals surface area contributed by atoms with Crippen molar-refractivity contribution >= 4 is 11.5 Å². The van der Waals surface area contributed by atoms with Crippen LogP contribution in [0.3, 0.4) is 0 Å². The van der Waals surface area contributed by atoms with Gasteiger partial charge in [-0.15, -0.1) is 0 Å². The Balaban J connectivity index is 1.78. The van der Waals surface area contributed by atoms with Crippen LogP contribution in [0, 0.1) is 0 Å². The van der Waals surface area contributed by atoms with E-state index < -0.39 is 0 Å². The first-order chi connectivity index (χ1) is 9.74. The zero-order valence-electron chi connectivity index (χ0n) is 11.2. The Bertz CT molecular complexity index is 644. The van der Waals surface area contributed by atoms with Gasteiger partial charge in [-0.05, 0) is 43.5 Å². The quantitative estimate of drug-likeness (QED) is 0.774. The molecule has 1 aliphatic rings. The average molecular weight is 270 g/mol. The van der Waals surface area contributed by atoms with Crippen LogP contribution in [0.4, 0.5) is 11.5 Å². The van der Waals surface area contributed by atoms with Gasteiger partial charge in [0.05, 0.1) is 0 Å². The first kappa shape index (κ1) is 12.9. The van der Waals surface area contributed by atoms with Crippen molar-refractivity contribution in [2.45, 2.75) is 25.2 Å². The summed E-state index contributed by atoms with van der Waals surface area (Å²) in [4.78, 5) is 18.9. The normalized spacial score (nSPS) is 14.2. The van der Waals surface area contributed by atoms with Crippen molar-refractivity contribution in [1.82, 2.24) is 9.97 Å². The first-order valence-corrected chi connectivity index (χ1v) is 6.92. The summed E-state index contributed by atoms with van der Waals surface area (Å²) in [5.74, 6) is 1.82. The standard InChI is InChI=1S/C15H18N4O/c16-8-7-10-1-5-12(6-2-10)17-13-9-14(20)19-15(18-13)11-3-4-11/h1-2,5-6,9,11H,3-4,7-8,16H2,(H2,17,18,19,20). The van der Waals surface area contributed by atoms with Gasteiger partial charge in [-0.25, -0.2) is 4.98 Å². The molecule has 0 unspecified atom stereocenters. The van der Waals surface area contributed by atoms with Crippen LogP contribution >= 0.6 is 0 Å². The van der Waals surface area contributed by atoms with Gasteiger partial charge in [0.1, 0.15) is 11.6 Å². The molecule has 1 heterocycles. The van der Waals surface area contributed by atoms with Gasteiger partial charge in [-0.3, -0.25) is 4.79 Å². The number of nitrogens with one attached hydrogen (secondary N) is 2. The fourth-order valence-electron chi connectivity index (χ4n) is 2.16. The van der Waals surface area contributed by atoms with E-state index in [1.54, 1.807) is 0 Å². The summed E-state index contributed by atoms with van der Waals surface area (Å²) in [6.07, 6.45) is 3.09. The highest BCUT2D eigenvalue weighted by molar-refractivity contribution is 5.56. The molecule has 0 spiro atoms. The Kier molecular flexibility index (Phi) is 3.52. The largest absolute Gasteiger partial charge is 0.340 e. The molecule has 104 valence electrons. The molecule has 4 N–H and O–H groups in total. The minimum Gasteiger partial charge on any atom is -0.340 e. The van der Waals surface area contributed by atoms with Crippen LogP contribution in [0.1, 0.15) is 30.1 Å². The summed E-state index contributed by atoms with van der Waals surface area (Å²) >= 11 is 0. The third-order valence-electron chi connectivity index (χ3n) is 3.38. The number of nitrogens with two attached hydrogens (primary N) is 1. The number of hydrogen-bond acceptors (Lipinski definition) is 4. The van der Waals surface area contributed by atoms with Gasteiger partial charge in [0.25, 0.3) is 5.56 Å². The summed E-state index contributed by atoms with van der Waals surface area (Å²) in [7, 11) is 0.